The van der Waals surface area contributed by atoms with Gasteiger partial charge in [-0.1, -0.05) is 20.8 Å². The van der Waals surface area contributed by atoms with E-state index in [0.717, 1.165) is 25.9 Å². The van der Waals surface area contributed by atoms with E-state index in [9.17, 15) is 0 Å². The van der Waals surface area contributed by atoms with Gasteiger partial charge in [-0.2, -0.15) is 0 Å². The minimum Gasteiger partial charge on any atom is -0.379 e. The Balaban J connectivity index is 2.43. The number of hydrogen-bond donors (Lipinski definition) is 1. The molecule has 0 heterocycles. The van der Waals surface area contributed by atoms with Gasteiger partial charge in [0.2, 0.25) is 0 Å². The van der Waals surface area contributed by atoms with Crippen molar-refractivity contribution in [3.63, 3.8) is 0 Å². The Hall–Kier alpha value is -0.120. The van der Waals surface area contributed by atoms with Crippen LogP contribution in [-0.2, 0) is 9.47 Å². The Labute approximate surface area is 119 Å². The van der Waals surface area contributed by atoms with Crippen LogP contribution in [0.2, 0.25) is 0 Å². The van der Waals surface area contributed by atoms with E-state index in [1.165, 1.54) is 6.42 Å². The van der Waals surface area contributed by atoms with Crippen molar-refractivity contribution < 1.29 is 9.47 Å². The van der Waals surface area contributed by atoms with E-state index >= 15 is 0 Å². The molecule has 0 aromatic carbocycles. The summed E-state index contributed by atoms with van der Waals surface area (Å²) in [4.78, 5) is 0. The molecule has 1 aliphatic rings. The lowest BCUT2D eigenvalue weighted by molar-refractivity contribution is -0.0531. The molecule has 3 nitrogen and oxygen atoms in total. The fraction of sp³-hybridized carbons (Fsp3) is 1.00. The van der Waals surface area contributed by atoms with Crippen molar-refractivity contribution in [1.29, 1.82) is 0 Å². The van der Waals surface area contributed by atoms with Gasteiger partial charge in [0, 0.05) is 19.8 Å². The lowest BCUT2D eigenvalue weighted by Crippen LogP contribution is -2.45. The van der Waals surface area contributed by atoms with Gasteiger partial charge in [-0.15, -0.1) is 0 Å². The van der Waals surface area contributed by atoms with E-state index in [-0.39, 0.29) is 17.7 Å². The lowest BCUT2D eigenvalue weighted by Gasteiger charge is -2.40. The zero-order valence-electron chi connectivity index (χ0n) is 13.7. The van der Waals surface area contributed by atoms with E-state index < -0.39 is 0 Å². The highest BCUT2D eigenvalue weighted by Gasteiger charge is 2.35. The third-order valence-corrected chi connectivity index (χ3v) is 4.66. The second-order valence-corrected chi connectivity index (χ2v) is 7.66. The molecule has 0 radical (unpaired) electrons. The molecule has 3 atom stereocenters. The van der Waals surface area contributed by atoms with Gasteiger partial charge in [-0.05, 0) is 50.9 Å². The predicted octanol–water partition coefficient (Wildman–Crippen LogP) is 3.36. The van der Waals surface area contributed by atoms with Gasteiger partial charge in [0.05, 0.1) is 11.7 Å². The topological polar surface area (TPSA) is 44.5 Å². The average Bonchev–Trinajstić information content (AvgIpc) is 2.30. The van der Waals surface area contributed by atoms with Gasteiger partial charge in [0.15, 0.2) is 0 Å². The Bertz CT molecular complexity index is 270. The summed E-state index contributed by atoms with van der Waals surface area (Å²) in [7, 11) is 1.75. The molecule has 3 unspecified atom stereocenters. The van der Waals surface area contributed by atoms with Crippen LogP contribution in [0.1, 0.15) is 60.3 Å². The van der Waals surface area contributed by atoms with Gasteiger partial charge in [0.1, 0.15) is 0 Å². The van der Waals surface area contributed by atoms with E-state index in [2.05, 4.69) is 34.6 Å². The summed E-state index contributed by atoms with van der Waals surface area (Å²) in [5.74, 6) is 0.715. The Kier molecular flexibility index (Phi) is 5.84. The zero-order valence-corrected chi connectivity index (χ0v) is 13.7. The molecule has 0 bridgehead atoms. The molecule has 0 aromatic rings. The van der Waals surface area contributed by atoms with Crippen molar-refractivity contribution in [3.05, 3.63) is 0 Å². The van der Waals surface area contributed by atoms with Crippen molar-refractivity contribution in [2.75, 3.05) is 13.7 Å². The summed E-state index contributed by atoms with van der Waals surface area (Å²) >= 11 is 0. The van der Waals surface area contributed by atoms with Crippen LogP contribution in [0, 0.1) is 11.3 Å². The minimum absolute atomic E-state index is 0.109. The minimum atomic E-state index is -0.109. The van der Waals surface area contributed by atoms with Crippen LogP contribution in [0.25, 0.3) is 0 Å². The van der Waals surface area contributed by atoms with Crippen molar-refractivity contribution >= 4 is 0 Å². The number of methoxy groups -OCH3 is 1. The molecule has 3 heteroatoms. The Morgan fingerprint density at radius 2 is 1.74 bits per heavy atom. The van der Waals surface area contributed by atoms with Gasteiger partial charge in [0.25, 0.3) is 0 Å². The van der Waals surface area contributed by atoms with Gasteiger partial charge < -0.3 is 15.2 Å². The molecular weight excluding hydrogens is 238 g/mol. The van der Waals surface area contributed by atoms with Crippen molar-refractivity contribution in [2.24, 2.45) is 17.1 Å². The van der Waals surface area contributed by atoms with Gasteiger partial charge in [-0.25, -0.2) is 0 Å². The van der Waals surface area contributed by atoms with Crippen LogP contribution in [-0.4, -0.2) is 31.5 Å². The monoisotopic (exact) mass is 271 g/mol. The molecule has 0 aromatic heterocycles. The summed E-state index contributed by atoms with van der Waals surface area (Å²) in [5.41, 5.74) is 6.46. The number of rotatable bonds is 5. The first-order valence-corrected chi connectivity index (χ1v) is 7.58. The normalized spacial score (nSPS) is 29.5. The molecule has 114 valence electrons. The molecule has 1 saturated carbocycles. The first-order valence-electron chi connectivity index (χ1n) is 7.58. The number of nitrogens with two attached hydrogens (primary N) is 1. The summed E-state index contributed by atoms with van der Waals surface area (Å²) in [6.07, 6.45) is 4.53. The largest absolute Gasteiger partial charge is 0.379 e. The molecule has 0 aliphatic heterocycles. The summed E-state index contributed by atoms with van der Waals surface area (Å²) in [6, 6.07) is 0.198. The quantitative estimate of drug-likeness (QED) is 0.834. The van der Waals surface area contributed by atoms with Crippen LogP contribution in [0.5, 0.6) is 0 Å². The fourth-order valence-corrected chi connectivity index (χ4v) is 2.69. The van der Waals surface area contributed by atoms with E-state index in [4.69, 9.17) is 15.2 Å². The summed E-state index contributed by atoms with van der Waals surface area (Å²) in [5, 5.41) is 0. The van der Waals surface area contributed by atoms with Crippen LogP contribution in [0.15, 0.2) is 0 Å². The molecule has 1 aliphatic carbocycles. The molecule has 0 amide bonds. The summed E-state index contributed by atoms with van der Waals surface area (Å²) in [6.45, 7) is 11.9. The second-order valence-electron chi connectivity index (χ2n) is 7.66. The highest BCUT2D eigenvalue weighted by Crippen LogP contribution is 2.38. The SMILES string of the molecule is COC(C)(C)CCOC1CC(C(C)(C)C)CCC1N. The molecule has 2 N–H and O–H groups in total. The Morgan fingerprint density at radius 3 is 2.26 bits per heavy atom. The predicted molar refractivity (Wildman–Crippen MR) is 80.2 cm³/mol. The standard InChI is InChI=1S/C16H33NO2/c1-15(2,3)12-7-8-13(17)14(11-12)19-10-9-16(4,5)18-6/h12-14H,7-11,17H2,1-6H3. The molecule has 0 saturated heterocycles. The van der Waals surface area contributed by atoms with Crippen molar-refractivity contribution in [1.82, 2.24) is 0 Å². The van der Waals surface area contributed by atoms with Crippen LogP contribution in [0.3, 0.4) is 0 Å². The van der Waals surface area contributed by atoms with Crippen molar-refractivity contribution in [2.45, 2.75) is 78.0 Å². The second kappa shape index (κ2) is 6.55. The van der Waals surface area contributed by atoms with E-state index in [1.807, 2.05) is 0 Å². The number of ether oxygens (including phenoxy) is 2. The summed E-state index contributed by atoms with van der Waals surface area (Å²) < 4.78 is 11.5. The lowest BCUT2D eigenvalue weighted by atomic mass is 9.70. The zero-order chi connectivity index (χ0) is 14.7. The molecule has 0 spiro atoms. The number of hydrogen-bond acceptors (Lipinski definition) is 3. The highest BCUT2D eigenvalue weighted by atomic mass is 16.5. The van der Waals surface area contributed by atoms with Crippen LogP contribution in [0.4, 0.5) is 0 Å². The fourth-order valence-electron chi connectivity index (χ4n) is 2.69. The average molecular weight is 271 g/mol. The Morgan fingerprint density at radius 1 is 1.11 bits per heavy atom. The van der Waals surface area contributed by atoms with Crippen molar-refractivity contribution in [3.8, 4) is 0 Å². The first-order chi connectivity index (χ1) is 8.65. The third-order valence-electron chi connectivity index (χ3n) is 4.66. The van der Waals surface area contributed by atoms with E-state index in [1.54, 1.807) is 7.11 Å². The van der Waals surface area contributed by atoms with Crippen LogP contribution >= 0.6 is 0 Å². The maximum absolute atomic E-state index is 6.21. The van der Waals surface area contributed by atoms with Crippen LogP contribution < -0.4 is 5.73 Å². The smallest absolute Gasteiger partial charge is 0.0728 e. The van der Waals surface area contributed by atoms with E-state index in [0.29, 0.717) is 11.3 Å². The molecule has 1 fully saturated rings. The van der Waals surface area contributed by atoms with Gasteiger partial charge >= 0.3 is 0 Å². The third kappa shape index (κ3) is 5.41. The molecule has 1 rings (SSSR count). The maximum atomic E-state index is 6.21. The first kappa shape index (κ1) is 16.9. The molecular formula is C16H33NO2. The highest BCUT2D eigenvalue weighted by molar-refractivity contribution is 4.88. The maximum Gasteiger partial charge on any atom is 0.0728 e. The van der Waals surface area contributed by atoms with Gasteiger partial charge in [-0.3, -0.25) is 0 Å². The molecule has 19 heavy (non-hydrogen) atoms.